The molecular weight excluding hydrogens is 629 g/mol. The van der Waals surface area contributed by atoms with Crippen molar-refractivity contribution in [3.63, 3.8) is 0 Å². The summed E-state index contributed by atoms with van der Waals surface area (Å²) in [5.41, 5.74) is -0.615. The molecule has 1 aromatic carbocycles. The van der Waals surface area contributed by atoms with E-state index in [0.29, 0.717) is 47.7 Å². The second-order valence-corrected chi connectivity index (χ2v) is 12.6. The molecule has 2 aliphatic heterocycles. The van der Waals surface area contributed by atoms with Gasteiger partial charge in [0.05, 0.1) is 17.5 Å². The number of carbonyl (C=O) groups is 3. The first-order valence-corrected chi connectivity index (χ1v) is 15.3. The van der Waals surface area contributed by atoms with E-state index in [1.54, 1.807) is 19.1 Å². The molecule has 1 unspecified atom stereocenters. The molecule has 47 heavy (non-hydrogen) atoms. The number of alkyl halides is 5. The van der Waals surface area contributed by atoms with E-state index >= 15 is 0 Å². The Labute approximate surface area is 265 Å². The van der Waals surface area contributed by atoms with E-state index in [1.165, 1.54) is 13.1 Å². The topological polar surface area (TPSA) is 129 Å². The van der Waals surface area contributed by atoms with Crippen LogP contribution in [0.3, 0.4) is 0 Å². The van der Waals surface area contributed by atoms with Gasteiger partial charge in [0.15, 0.2) is 11.5 Å². The molecule has 0 spiro atoms. The number of benzene rings is 1. The molecule has 12 nitrogen and oxygen atoms in total. The highest BCUT2D eigenvalue weighted by molar-refractivity contribution is 6.03. The summed E-state index contributed by atoms with van der Waals surface area (Å²) in [5.74, 6) is -3.92. The number of fused-ring (bicyclic) bond motifs is 1. The molecule has 0 radical (unpaired) electrons. The highest BCUT2D eigenvalue weighted by atomic mass is 19.4. The van der Waals surface area contributed by atoms with Crippen molar-refractivity contribution in [2.24, 2.45) is 18.9 Å². The summed E-state index contributed by atoms with van der Waals surface area (Å²) in [4.78, 5) is 46.7. The molecule has 2 saturated carbocycles. The largest absolute Gasteiger partial charge is 0.435 e. The van der Waals surface area contributed by atoms with Crippen molar-refractivity contribution >= 4 is 23.5 Å². The Morgan fingerprint density at radius 2 is 1.72 bits per heavy atom. The lowest BCUT2D eigenvalue weighted by Gasteiger charge is -2.32. The number of imidazole rings is 1. The lowest BCUT2D eigenvalue weighted by Crippen LogP contribution is -2.52. The van der Waals surface area contributed by atoms with E-state index in [0.717, 1.165) is 30.1 Å². The van der Waals surface area contributed by atoms with Crippen molar-refractivity contribution in [3.05, 3.63) is 53.2 Å². The number of hydrogen-bond acceptors (Lipinski definition) is 6. The number of anilines is 1. The fourth-order valence-electron chi connectivity index (χ4n) is 6.67. The van der Waals surface area contributed by atoms with Crippen molar-refractivity contribution in [1.82, 2.24) is 39.8 Å². The Morgan fingerprint density at radius 3 is 2.34 bits per heavy atom. The molecule has 4 amide bonds. The number of carbonyl (C=O) groups excluding carboxylic acids is 3. The van der Waals surface area contributed by atoms with Gasteiger partial charge in [0.1, 0.15) is 6.04 Å². The molecule has 4 heterocycles. The summed E-state index contributed by atoms with van der Waals surface area (Å²) in [6.45, 7) is 5.86. The Hall–Kier alpha value is -4.54. The standard InChI is InChI=1S/C30H32F5N9O3/c1-15-9-16(3-4-17(15)26(45)39-23-18-12-43(13-19(18)23)28(47)42-7-5-36-6-8-42)38-27(46)25-37-11-21(41(25)2)20-14-44(22-10-29(22,31)32)40-24(20)30(33,34)35/h3-4,9,11,14,18-19,22-23,36H,5-8,10,12-13H2,1-2H3,(H,38,46)(H,39,45)/t18-,19+,22?,23+. The molecule has 4 fully saturated rings. The van der Waals surface area contributed by atoms with E-state index in [1.807, 2.05) is 9.80 Å². The minimum atomic E-state index is -4.92. The smallest absolute Gasteiger partial charge is 0.349 e. The molecular formula is C30H32F5N9O3. The van der Waals surface area contributed by atoms with Crippen molar-refractivity contribution in [2.75, 3.05) is 44.6 Å². The van der Waals surface area contributed by atoms with E-state index < -0.39 is 41.7 Å². The average Bonchev–Trinajstić information content (AvgIpc) is 3.52. The van der Waals surface area contributed by atoms with Crippen LogP contribution in [0.1, 0.15) is 44.7 Å². The van der Waals surface area contributed by atoms with Crippen LogP contribution in [0.4, 0.5) is 32.4 Å². The maximum atomic E-state index is 13.8. The molecule has 4 atom stereocenters. The number of nitrogens with one attached hydrogen (secondary N) is 3. The number of nitrogens with zero attached hydrogens (tertiary/aromatic N) is 6. The van der Waals surface area contributed by atoms with Gasteiger partial charge < -0.3 is 30.3 Å². The van der Waals surface area contributed by atoms with Gasteiger partial charge >= 0.3 is 12.2 Å². The van der Waals surface area contributed by atoms with E-state index in [2.05, 4.69) is 26.0 Å². The zero-order valence-corrected chi connectivity index (χ0v) is 25.4. The third-order valence-electron chi connectivity index (χ3n) is 9.46. The maximum absolute atomic E-state index is 13.8. The third kappa shape index (κ3) is 5.70. The number of halogens is 5. The Kier molecular flexibility index (Phi) is 7.29. The second-order valence-electron chi connectivity index (χ2n) is 12.6. The van der Waals surface area contributed by atoms with Crippen molar-refractivity contribution in [3.8, 4) is 11.3 Å². The number of aromatic nitrogens is 4. The van der Waals surface area contributed by atoms with Crippen LogP contribution < -0.4 is 16.0 Å². The van der Waals surface area contributed by atoms with Crippen molar-refractivity contribution < 1.29 is 36.3 Å². The summed E-state index contributed by atoms with van der Waals surface area (Å²) in [5, 5.41) is 12.3. The lowest BCUT2D eigenvalue weighted by atomic mass is 10.1. The lowest BCUT2D eigenvalue weighted by molar-refractivity contribution is -0.141. The van der Waals surface area contributed by atoms with Crippen LogP contribution in [0, 0.1) is 18.8 Å². The van der Waals surface area contributed by atoms with Crippen LogP contribution in [0.15, 0.2) is 30.6 Å². The number of piperidine rings is 1. The predicted molar refractivity (Wildman–Crippen MR) is 157 cm³/mol. The minimum Gasteiger partial charge on any atom is -0.349 e. The Bertz CT molecular complexity index is 1750. The van der Waals surface area contributed by atoms with Crippen LogP contribution in [0.2, 0.25) is 0 Å². The fourth-order valence-corrected chi connectivity index (χ4v) is 6.67. The molecule has 4 aliphatic rings. The average molecular weight is 662 g/mol. The van der Waals surface area contributed by atoms with E-state index in [4.69, 9.17) is 0 Å². The number of hydrogen-bond donors (Lipinski definition) is 3. The van der Waals surface area contributed by atoms with Crippen LogP contribution in [0.5, 0.6) is 0 Å². The quantitative estimate of drug-likeness (QED) is 0.349. The van der Waals surface area contributed by atoms with Gasteiger partial charge in [-0.3, -0.25) is 14.3 Å². The molecule has 3 aromatic rings. The summed E-state index contributed by atoms with van der Waals surface area (Å²) in [6.07, 6.45) is -3.57. The molecule has 2 aliphatic carbocycles. The van der Waals surface area contributed by atoms with Gasteiger partial charge in [-0.15, -0.1) is 0 Å². The first kappa shape index (κ1) is 31.1. The highest BCUT2D eigenvalue weighted by Gasteiger charge is 2.60. The highest BCUT2D eigenvalue weighted by Crippen LogP contribution is 2.53. The van der Waals surface area contributed by atoms with Gasteiger partial charge in [-0.2, -0.15) is 18.3 Å². The first-order valence-electron chi connectivity index (χ1n) is 15.3. The van der Waals surface area contributed by atoms with Gasteiger partial charge in [0, 0.05) is 88.1 Å². The third-order valence-corrected chi connectivity index (χ3v) is 9.46. The van der Waals surface area contributed by atoms with Crippen molar-refractivity contribution in [1.29, 1.82) is 0 Å². The fraction of sp³-hybridized carbons (Fsp3) is 0.500. The van der Waals surface area contributed by atoms with E-state index in [9.17, 15) is 36.3 Å². The summed E-state index contributed by atoms with van der Waals surface area (Å²) in [7, 11) is 1.34. The molecule has 3 N–H and O–H groups in total. The summed E-state index contributed by atoms with van der Waals surface area (Å²) < 4.78 is 70.2. The van der Waals surface area contributed by atoms with Gasteiger partial charge in [0.25, 0.3) is 17.7 Å². The van der Waals surface area contributed by atoms with E-state index in [-0.39, 0.29) is 41.3 Å². The summed E-state index contributed by atoms with van der Waals surface area (Å²) in [6, 6.07) is 3.26. The molecule has 7 rings (SSSR count). The van der Waals surface area contributed by atoms with Crippen LogP contribution in [-0.2, 0) is 13.2 Å². The number of likely N-dealkylation sites (tertiary alicyclic amines) is 1. The Balaban J connectivity index is 0.981. The SMILES string of the molecule is Cc1cc(NC(=O)c2ncc(-c3cn(C4CC4(F)F)nc3C(F)(F)F)n2C)ccc1C(=O)N[C@H]1[C@@H]2CN(C(=O)N3CCNCC3)C[C@@H]21. The number of urea groups is 1. The normalized spacial score (nSPS) is 24.6. The number of piperazine rings is 1. The Morgan fingerprint density at radius 1 is 1.04 bits per heavy atom. The van der Waals surface area contributed by atoms with Gasteiger partial charge in [-0.25, -0.2) is 18.6 Å². The van der Waals surface area contributed by atoms with Crippen LogP contribution in [-0.4, -0.2) is 98.2 Å². The zero-order chi connectivity index (χ0) is 33.4. The van der Waals surface area contributed by atoms with Crippen molar-refractivity contribution in [2.45, 2.75) is 37.5 Å². The molecule has 17 heteroatoms. The molecule has 250 valence electrons. The predicted octanol–water partition coefficient (Wildman–Crippen LogP) is 3.13. The van der Waals surface area contributed by atoms with Crippen LogP contribution in [0.25, 0.3) is 11.3 Å². The monoisotopic (exact) mass is 661 g/mol. The molecule has 0 bridgehead atoms. The number of amides is 4. The molecule has 2 saturated heterocycles. The van der Waals surface area contributed by atoms with Crippen LogP contribution >= 0.6 is 0 Å². The maximum Gasteiger partial charge on any atom is 0.435 e. The molecule has 2 aromatic heterocycles. The minimum absolute atomic E-state index is 0.0169. The van der Waals surface area contributed by atoms with Gasteiger partial charge in [-0.1, -0.05) is 0 Å². The van der Waals surface area contributed by atoms with Gasteiger partial charge in [0.2, 0.25) is 0 Å². The van der Waals surface area contributed by atoms with Gasteiger partial charge in [-0.05, 0) is 30.7 Å². The zero-order valence-electron chi connectivity index (χ0n) is 25.4. The first-order chi connectivity index (χ1) is 22.2. The number of rotatable bonds is 6. The summed E-state index contributed by atoms with van der Waals surface area (Å²) >= 11 is 0. The second kappa shape index (κ2) is 11.0. The number of aryl methyl sites for hydroxylation is 1.